The molecular formula is C23H26N4O7. The number of esters is 1. The number of nitro benzene ring substituents is 1. The van der Waals surface area contributed by atoms with Gasteiger partial charge in [0.05, 0.1) is 41.0 Å². The largest absolute Gasteiger partial charge is 0.462 e. The van der Waals surface area contributed by atoms with Crippen LogP contribution in [0.5, 0.6) is 0 Å². The number of anilines is 2. The maximum Gasteiger partial charge on any atom is 0.338 e. The maximum absolute atomic E-state index is 12.9. The number of ether oxygens (including phenoxy) is 2. The third kappa shape index (κ3) is 6.83. The van der Waals surface area contributed by atoms with E-state index in [0.29, 0.717) is 24.4 Å². The third-order valence-corrected chi connectivity index (χ3v) is 5.07. The van der Waals surface area contributed by atoms with Gasteiger partial charge in [0.2, 0.25) is 5.91 Å². The van der Waals surface area contributed by atoms with Crippen molar-refractivity contribution in [1.82, 2.24) is 5.32 Å². The molecule has 1 fully saturated rings. The van der Waals surface area contributed by atoms with Crippen LogP contribution in [-0.2, 0) is 14.3 Å². The number of amides is 2. The molecule has 1 atom stereocenters. The van der Waals surface area contributed by atoms with Crippen LogP contribution in [0.1, 0.15) is 40.5 Å². The number of carbonyl (C=O) groups is 3. The molecule has 0 radical (unpaired) electrons. The highest BCUT2D eigenvalue weighted by Gasteiger charge is 2.20. The van der Waals surface area contributed by atoms with Crippen LogP contribution in [0.15, 0.2) is 42.5 Å². The van der Waals surface area contributed by atoms with E-state index in [-0.39, 0.29) is 36.2 Å². The molecule has 11 nitrogen and oxygen atoms in total. The van der Waals surface area contributed by atoms with Crippen molar-refractivity contribution in [2.24, 2.45) is 0 Å². The second kappa shape index (κ2) is 11.9. The van der Waals surface area contributed by atoms with Crippen molar-refractivity contribution in [2.75, 3.05) is 36.9 Å². The molecule has 0 aromatic heterocycles. The van der Waals surface area contributed by atoms with Crippen molar-refractivity contribution in [3.05, 3.63) is 63.7 Å². The van der Waals surface area contributed by atoms with Gasteiger partial charge in [-0.2, -0.15) is 0 Å². The Bertz CT molecular complexity index is 1050. The summed E-state index contributed by atoms with van der Waals surface area (Å²) in [5, 5.41) is 19.5. The number of benzene rings is 2. The van der Waals surface area contributed by atoms with E-state index in [9.17, 15) is 24.5 Å². The summed E-state index contributed by atoms with van der Waals surface area (Å²) in [6.07, 6.45) is 2.00. The lowest BCUT2D eigenvalue weighted by molar-refractivity contribution is -0.384. The zero-order valence-corrected chi connectivity index (χ0v) is 18.7. The van der Waals surface area contributed by atoms with Gasteiger partial charge in [-0.05, 0) is 50.1 Å². The summed E-state index contributed by atoms with van der Waals surface area (Å²) in [7, 11) is 0. The number of nitrogens with zero attached hydrogens (tertiary/aromatic N) is 1. The lowest BCUT2D eigenvalue weighted by Crippen LogP contribution is -2.34. The van der Waals surface area contributed by atoms with Crippen LogP contribution in [0.2, 0.25) is 0 Å². The molecule has 1 saturated heterocycles. The van der Waals surface area contributed by atoms with Crippen molar-refractivity contribution >= 4 is 34.8 Å². The fourth-order valence-electron chi connectivity index (χ4n) is 3.39. The lowest BCUT2D eigenvalue weighted by Gasteiger charge is -2.13. The Morgan fingerprint density at radius 2 is 1.91 bits per heavy atom. The average molecular weight is 470 g/mol. The van der Waals surface area contributed by atoms with Crippen molar-refractivity contribution in [3.63, 3.8) is 0 Å². The van der Waals surface area contributed by atoms with Crippen LogP contribution in [-0.4, -0.2) is 55.1 Å². The number of non-ortho nitro benzene ring substituents is 1. The molecule has 2 aromatic rings. The molecule has 0 unspecified atom stereocenters. The van der Waals surface area contributed by atoms with Gasteiger partial charge in [0.1, 0.15) is 0 Å². The van der Waals surface area contributed by atoms with Gasteiger partial charge in [-0.1, -0.05) is 0 Å². The Morgan fingerprint density at radius 3 is 2.56 bits per heavy atom. The van der Waals surface area contributed by atoms with Crippen molar-refractivity contribution in [3.8, 4) is 0 Å². The summed E-state index contributed by atoms with van der Waals surface area (Å²) in [4.78, 5) is 47.6. The van der Waals surface area contributed by atoms with Crippen molar-refractivity contribution in [2.45, 2.75) is 25.9 Å². The number of nitro groups is 1. The van der Waals surface area contributed by atoms with E-state index >= 15 is 0 Å². The number of hydrogen-bond donors (Lipinski definition) is 3. The first-order chi connectivity index (χ1) is 16.4. The molecule has 0 saturated carbocycles. The van der Waals surface area contributed by atoms with E-state index in [1.54, 1.807) is 6.92 Å². The van der Waals surface area contributed by atoms with Crippen LogP contribution in [0.25, 0.3) is 0 Å². The van der Waals surface area contributed by atoms with Gasteiger partial charge >= 0.3 is 5.97 Å². The van der Waals surface area contributed by atoms with E-state index in [0.717, 1.165) is 18.9 Å². The summed E-state index contributed by atoms with van der Waals surface area (Å²) >= 11 is 0. The molecule has 2 amide bonds. The van der Waals surface area contributed by atoms with Gasteiger partial charge in [0.25, 0.3) is 11.6 Å². The molecule has 180 valence electrons. The second-order valence-electron chi connectivity index (χ2n) is 7.55. The predicted octanol–water partition coefficient (Wildman–Crippen LogP) is 2.73. The Kier molecular flexibility index (Phi) is 8.66. The van der Waals surface area contributed by atoms with Gasteiger partial charge in [0.15, 0.2) is 0 Å². The molecule has 1 aliphatic heterocycles. The second-order valence-corrected chi connectivity index (χ2v) is 7.55. The summed E-state index contributed by atoms with van der Waals surface area (Å²) in [6.45, 7) is 3.17. The molecule has 2 aromatic carbocycles. The molecular weight excluding hydrogens is 444 g/mol. The van der Waals surface area contributed by atoms with Gasteiger partial charge in [-0.25, -0.2) is 4.79 Å². The van der Waals surface area contributed by atoms with Crippen LogP contribution in [0, 0.1) is 10.1 Å². The minimum atomic E-state index is -0.657. The predicted molar refractivity (Wildman–Crippen MR) is 124 cm³/mol. The van der Waals surface area contributed by atoms with Crippen LogP contribution in [0.3, 0.4) is 0 Å². The zero-order valence-electron chi connectivity index (χ0n) is 18.7. The lowest BCUT2D eigenvalue weighted by atomic mass is 10.1. The minimum absolute atomic E-state index is 0.00672. The minimum Gasteiger partial charge on any atom is -0.462 e. The van der Waals surface area contributed by atoms with Gasteiger partial charge in [0, 0.05) is 31.0 Å². The first-order valence-corrected chi connectivity index (χ1v) is 10.9. The molecule has 3 rings (SSSR count). The van der Waals surface area contributed by atoms with E-state index in [2.05, 4.69) is 16.0 Å². The normalized spacial score (nSPS) is 14.9. The zero-order chi connectivity index (χ0) is 24.5. The summed E-state index contributed by atoms with van der Waals surface area (Å²) in [6, 6.07) is 9.61. The van der Waals surface area contributed by atoms with Gasteiger partial charge in [-0.3, -0.25) is 19.7 Å². The smallest absolute Gasteiger partial charge is 0.338 e. The van der Waals surface area contributed by atoms with Crippen LogP contribution < -0.4 is 16.0 Å². The average Bonchev–Trinajstić information content (AvgIpc) is 3.33. The van der Waals surface area contributed by atoms with E-state index in [1.165, 1.54) is 36.4 Å². The summed E-state index contributed by atoms with van der Waals surface area (Å²) in [5.41, 5.74) is 0.447. The van der Waals surface area contributed by atoms with Gasteiger partial charge in [-0.15, -0.1) is 0 Å². The molecule has 0 aliphatic carbocycles. The first kappa shape index (κ1) is 24.8. The molecule has 0 bridgehead atoms. The van der Waals surface area contributed by atoms with Crippen molar-refractivity contribution in [1.29, 1.82) is 0 Å². The fraction of sp³-hybridized carbons (Fsp3) is 0.348. The topological polar surface area (TPSA) is 149 Å². The highest BCUT2D eigenvalue weighted by Crippen LogP contribution is 2.24. The molecule has 0 spiro atoms. The van der Waals surface area contributed by atoms with E-state index < -0.39 is 22.7 Å². The monoisotopic (exact) mass is 470 g/mol. The first-order valence-electron chi connectivity index (χ1n) is 10.9. The Balaban J connectivity index is 1.68. The van der Waals surface area contributed by atoms with Crippen LogP contribution >= 0.6 is 0 Å². The van der Waals surface area contributed by atoms with E-state index in [4.69, 9.17) is 9.47 Å². The highest BCUT2D eigenvalue weighted by atomic mass is 16.6. The SMILES string of the molecule is CCOC(=O)c1ccc(NC(=O)c2cc([N+](=O)[O-])ccc2NC(=O)CNC[C@H]2CCCO2)cc1. The number of hydrogen-bond acceptors (Lipinski definition) is 8. The summed E-state index contributed by atoms with van der Waals surface area (Å²) in [5.74, 6) is -1.55. The number of nitrogens with one attached hydrogen (secondary N) is 3. The third-order valence-electron chi connectivity index (χ3n) is 5.07. The number of carbonyl (C=O) groups excluding carboxylic acids is 3. The van der Waals surface area contributed by atoms with Crippen molar-refractivity contribution < 1.29 is 28.8 Å². The Morgan fingerprint density at radius 1 is 1.15 bits per heavy atom. The Labute approximate surface area is 196 Å². The summed E-state index contributed by atoms with van der Waals surface area (Å²) < 4.78 is 10.4. The highest BCUT2D eigenvalue weighted by molar-refractivity contribution is 6.10. The molecule has 11 heteroatoms. The molecule has 1 heterocycles. The maximum atomic E-state index is 12.9. The fourth-order valence-corrected chi connectivity index (χ4v) is 3.39. The molecule has 34 heavy (non-hydrogen) atoms. The number of rotatable bonds is 10. The Hall–Kier alpha value is -3.83. The quantitative estimate of drug-likeness (QED) is 0.273. The van der Waals surface area contributed by atoms with Crippen LogP contribution in [0.4, 0.5) is 17.1 Å². The molecule has 1 aliphatic rings. The standard InChI is InChI=1S/C23H26N4O7/c1-2-33-23(30)15-5-7-16(8-6-15)25-22(29)19-12-17(27(31)32)9-10-20(19)26-21(28)14-24-13-18-4-3-11-34-18/h5-10,12,18,24H,2-4,11,13-14H2,1H3,(H,25,29)(H,26,28)/t18-/m1/s1. The van der Waals surface area contributed by atoms with Gasteiger partial charge < -0.3 is 25.4 Å². The van der Waals surface area contributed by atoms with E-state index in [1.807, 2.05) is 0 Å². The molecule has 3 N–H and O–H groups in total.